The number of nitrogens with zero attached hydrogens (tertiary/aromatic N) is 2. The van der Waals surface area contributed by atoms with Crippen LogP contribution < -0.4 is 0 Å². The van der Waals surface area contributed by atoms with Crippen molar-refractivity contribution in [1.29, 1.82) is 0 Å². The van der Waals surface area contributed by atoms with Gasteiger partial charge in [-0.25, -0.2) is 10.0 Å². The lowest BCUT2D eigenvalue weighted by molar-refractivity contribution is -0.165. The summed E-state index contributed by atoms with van der Waals surface area (Å²) in [6, 6.07) is 10.0. The smallest absolute Gasteiger partial charge is 0.243 e. The topological polar surface area (TPSA) is 43.8 Å². The number of hydrogen-bond acceptors (Lipinski definition) is 3. The summed E-state index contributed by atoms with van der Waals surface area (Å²) in [7, 11) is 0. The Balaban J connectivity index is 2.13. The van der Waals surface area contributed by atoms with Crippen LogP contribution in [0.1, 0.15) is 32.8 Å². The largest absolute Gasteiger partial charge is 0.372 e. The zero-order chi connectivity index (χ0) is 14.0. The van der Waals surface area contributed by atoms with E-state index in [1.54, 1.807) is 0 Å². The first-order chi connectivity index (χ1) is 9.00. The molecular formula is C15H22N2O2. The van der Waals surface area contributed by atoms with Crippen molar-refractivity contribution in [1.82, 2.24) is 10.0 Å². The normalized spacial score (nSPS) is 24.2. The van der Waals surface area contributed by atoms with Gasteiger partial charge in [0.1, 0.15) is 6.23 Å². The molecule has 0 aliphatic carbocycles. The molecule has 1 heterocycles. The van der Waals surface area contributed by atoms with E-state index in [-0.39, 0.29) is 18.0 Å². The maximum Gasteiger partial charge on any atom is 0.243 e. The lowest BCUT2D eigenvalue weighted by Gasteiger charge is -2.35. The molecule has 1 aliphatic rings. The summed E-state index contributed by atoms with van der Waals surface area (Å²) < 4.78 is 0. The molecule has 0 radical (unpaired) electrons. The summed E-state index contributed by atoms with van der Waals surface area (Å²) in [6.45, 7) is 6.12. The predicted octanol–water partition coefficient (Wildman–Crippen LogP) is 1.79. The van der Waals surface area contributed by atoms with E-state index < -0.39 is 6.23 Å². The molecular weight excluding hydrogens is 240 g/mol. The van der Waals surface area contributed by atoms with E-state index in [2.05, 4.69) is 0 Å². The Kier molecular flexibility index (Phi) is 4.22. The van der Waals surface area contributed by atoms with Crippen molar-refractivity contribution in [3.63, 3.8) is 0 Å². The van der Waals surface area contributed by atoms with E-state index in [1.807, 2.05) is 56.1 Å². The second-order valence-electron chi connectivity index (χ2n) is 5.44. The van der Waals surface area contributed by atoms with Crippen LogP contribution in [0.5, 0.6) is 0 Å². The van der Waals surface area contributed by atoms with Gasteiger partial charge in [0.2, 0.25) is 5.91 Å². The lowest BCUT2D eigenvalue weighted by atomic mass is 10.1. The van der Waals surface area contributed by atoms with Crippen LogP contribution in [0, 0.1) is 0 Å². The molecule has 0 aromatic heterocycles. The minimum absolute atomic E-state index is 0.0447. The monoisotopic (exact) mass is 262 g/mol. The van der Waals surface area contributed by atoms with E-state index in [9.17, 15) is 9.90 Å². The van der Waals surface area contributed by atoms with Crippen molar-refractivity contribution < 1.29 is 9.90 Å². The molecule has 1 N–H and O–H groups in total. The van der Waals surface area contributed by atoms with E-state index in [0.717, 1.165) is 5.56 Å². The van der Waals surface area contributed by atoms with Gasteiger partial charge in [-0.1, -0.05) is 30.3 Å². The summed E-state index contributed by atoms with van der Waals surface area (Å²) in [5.74, 6) is -0.0447. The first kappa shape index (κ1) is 14.0. The standard InChI is InChI=1S/C15H22N2O2/c1-11(2)16-12(3)9-14(18)17(16)15(19)10-13-7-5-4-6-8-13/h4-8,11-12,14,18H,9-10H2,1-3H3. The third-order valence-electron chi connectivity index (χ3n) is 3.52. The van der Waals surface area contributed by atoms with E-state index in [1.165, 1.54) is 5.01 Å². The second-order valence-corrected chi connectivity index (χ2v) is 5.44. The SMILES string of the molecule is CC(C)N1C(C)CC(O)N1C(=O)Cc1ccccc1. The van der Waals surface area contributed by atoms with Crippen LogP contribution in [0.2, 0.25) is 0 Å². The fraction of sp³-hybridized carbons (Fsp3) is 0.533. The Morgan fingerprint density at radius 2 is 2.00 bits per heavy atom. The molecule has 1 aromatic rings. The highest BCUT2D eigenvalue weighted by molar-refractivity contribution is 5.78. The number of carbonyl (C=O) groups excluding carboxylic acids is 1. The van der Waals surface area contributed by atoms with E-state index >= 15 is 0 Å². The van der Waals surface area contributed by atoms with Crippen LogP contribution in [-0.2, 0) is 11.2 Å². The molecule has 0 saturated carbocycles. The number of amides is 1. The third kappa shape index (κ3) is 2.96. The quantitative estimate of drug-likeness (QED) is 0.903. The number of aliphatic hydroxyl groups is 1. The molecule has 1 amide bonds. The van der Waals surface area contributed by atoms with Gasteiger partial charge in [0.25, 0.3) is 0 Å². The number of carbonyl (C=O) groups is 1. The maximum atomic E-state index is 12.4. The predicted molar refractivity (Wildman–Crippen MR) is 74.1 cm³/mol. The number of hydrogen-bond donors (Lipinski definition) is 1. The highest BCUT2D eigenvalue weighted by Crippen LogP contribution is 2.26. The van der Waals surface area contributed by atoms with Crippen molar-refractivity contribution in [2.45, 2.75) is 51.9 Å². The molecule has 1 fully saturated rings. The average Bonchev–Trinajstić information content (AvgIpc) is 2.65. The Hall–Kier alpha value is -1.39. The summed E-state index contributed by atoms with van der Waals surface area (Å²) in [5, 5.41) is 13.6. The third-order valence-corrected chi connectivity index (χ3v) is 3.52. The fourth-order valence-electron chi connectivity index (χ4n) is 2.78. The highest BCUT2D eigenvalue weighted by atomic mass is 16.3. The summed E-state index contributed by atoms with van der Waals surface area (Å²) in [4.78, 5) is 12.4. The first-order valence-electron chi connectivity index (χ1n) is 6.83. The van der Waals surface area contributed by atoms with E-state index in [0.29, 0.717) is 12.8 Å². The molecule has 1 aliphatic heterocycles. The Labute approximate surface area is 114 Å². The van der Waals surface area contributed by atoms with Crippen molar-refractivity contribution in [2.75, 3.05) is 0 Å². The number of benzene rings is 1. The van der Waals surface area contributed by atoms with Gasteiger partial charge in [-0.3, -0.25) is 4.79 Å². The van der Waals surface area contributed by atoms with Crippen molar-refractivity contribution in [2.24, 2.45) is 0 Å². The zero-order valence-corrected chi connectivity index (χ0v) is 11.8. The van der Waals surface area contributed by atoms with Gasteiger partial charge in [-0.05, 0) is 26.3 Å². The molecule has 1 aromatic carbocycles. The van der Waals surface area contributed by atoms with Gasteiger partial charge in [0.05, 0.1) is 6.42 Å². The van der Waals surface area contributed by atoms with Gasteiger partial charge in [0.15, 0.2) is 0 Å². The van der Waals surface area contributed by atoms with Crippen molar-refractivity contribution in [3.05, 3.63) is 35.9 Å². The molecule has 19 heavy (non-hydrogen) atoms. The first-order valence-corrected chi connectivity index (χ1v) is 6.83. The maximum absolute atomic E-state index is 12.4. The molecule has 4 nitrogen and oxygen atoms in total. The van der Waals surface area contributed by atoms with Crippen LogP contribution in [0.25, 0.3) is 0 Å². The number of hydrazine groups is 1. The Bertz CT molecular complexity index is 433. The molecule has 2 atom stereocenters. The summed E-state index contributed by atoms with van der Waals surface area (Å²) in [5.41, 5.74) is 0.975. The van der Waals surface area contributed by atoms with Crippen LogP contribution in [0.4, 0.5) is 0 Å². The summed E-state index contributed by atoms with van der Waals surface area (Å²) >= 11 is 0. The van der Waals surface area contributed by atoms with Gasteiger partial charge in [0, 0.05) is 18.5 Å². The molecule has 0 spiro atoms. The van der Waals surface area contributed by atoms with Crippen LogP contribution in [0.3, 0.4) is 0 Å². The average molecular weight is 262 g/mol. The lowest BCUT2D eigenvalue weighted by Crippen LogP contribution is -2.50. The Morgan fingerprint density at radius 3 is 2.58 bits per heavy atom. The minimum atomic E-state index is -0.700. The van der Waals surface area contributed by atoms with E-state index in [4.69, 9.17) is 0 Å². The van der Waals surface area contributed by atoms with Gasteiger partial charge in [-0.2, -0.15) is 0 Å². The van der Waals surface area contributed by atoms with Crippen LogP contribution in [-0.4, -0.2) is 39.3 Å². The molecule has 0 bridgehead atoms. The van der Waals surface area contributed by atoms with Gasteiger partial charge < -0.3 is 5.11 Å². The molecule has 2 unspecified atom stereocenters. The zero-order valence-electron chi connectivity index (χ0n) is 11.8. The van der Waals surface area contributed by atoms with Crippen molar-refractivity contribution in [3.8, 4) is 0 Å². The molecule has 2 rings (SSSR count). The molecule has 1 saturated heterocycles. The molecule has 104 valence electrons. The number of aliphatic hydroxyl groups excluding tert-OH is 1. The van der Waals surface area contributed by atoms with Crippen LogP contribution >= 0.6 is 0 Å². The van der Waals surface area contributed by atoms with Crippen LogP contribution in [0.15, 0.2) is 30.3 Å². The number of rotatable bonds is 3. The highest BCUT2D eigenvalue weighted by Gasteiger charge is 2.40. The van der Waals surface area contributed by atoms with Gasteiger partial charge >= 0.3 is 0 Å². The van der Waals surface area contributed by atoms with Gasteiger partial charge in [-0.15, -0.1) is 0 Å². The van der Waals surface area contributed by atoms with Crippen molar-refractivity contribution >= 4 is 5.91 Å². The molecule has 4 heteroatoms. The summed E-state index contributed by atoms with van der Waals surface area (Å²) in [6.07, 6.45) is 0.237. The minimum Gasteiger partial charge on any atom is -0.372 e. The second kappa shape index (κ2) is 5.72. The Morgan fingerprint density at radius 1 is 1.37 bits per heavy atom. The fourth-order valence-corrected chi connectivity index (χ4v) is 2.78.